The molecule has 0 aromatic heterocycles. The molecule has 9 aromatic rings. The van der Waals surface area contributed by atoms with Crippen LogP contribution in [-0.2, 0) is 19.0 Å². The minimum Gasteiger partial charge on any atom is -0.497 e. The highest BCUT2D eigenvalue weighted by Gasteiger charge is 2.17. The van der Waals surface area contributed by atoms with Gasteiger partial charge in [0.25, 0.3) is 0 Å². The number of hydrogen-bond acceptors (Lipinski definition) is 9. The molecule has 9 nitrogen and oxygen atoms in total. The summed E-state index contributed by atoms with van der Waals surface area (Å²) in [6.45, 7) is 5.98. The molecule has 384 valence electrons. The van der Waals surface area contributed by atoms with Crippen molar-refractivity contribution in [1.82, 2.24) is 0 Å². The summed E-state index contributed by atoms with van der Waals surface area (Å²) >= 11 is 0. The third-order valence-electron chi connectivity index (χ3n) is 12.8. The van der Waals surface area contributed by atoms with Crippen LogP contribution in [0.25, 0.3) is 23.3 Å². The van der Waals surface area contributed by atoms with Crippen molar-refractivity contribution in [3.05, 3.63) is 275 Å². The first-order chi connectivity index (χ1) is 37.7. The molecule has 0 aliphatic carbocycles. The molecule has 9 rings (SSSR count). The fraction of sp³-hybridized carbons (Fsp3) is 0.118. The number of ether oxygens (including phenoxy) is 5. The molecule has 0 spiro atoms. The van der Waals surface area contributed by atoms with E-state index in [9.17, 15) is 9.59 Å². The number of hydrogen-bond donors (Lipinski definition) is 0. The number of esters is 1. The van der Waals surface area contributed by atoms with Crippen molar-refractivity contribution < 1.29 is 33.3 Å². The third-order valence-corrected chi connectivity index (χ3v) is 12.8. The van der Waals surface area contributed by atoms with Gasteiger partial charge in [0.05, 0.1) is 20.3 Å². The second-order valence-corrected chi connectivity index (χ2v) is 18.3. The van der Waals surface area contributed by atoms with Crippen molar-refractivity contribution in [3.63, 3.8) is 0 Å². The Morgan fingerprint density at radius 2 is 0.727 bits per heavy atom. The van der Waals surface area contributed by atoms with E-state index in [-0.39, 0.29) is 32.4 Å². The number of anilines is 6. The number of nitrogens with zero attached hydrogens (tertiary/aromatic N) is 2. The molecule has 0 atom stereocenters. The molecule has 0 bridgehead atoms. The van der Waals surface area contributed by atoms with E-state index in [1.54, 1.807) is 19.2 Å². The summed E-state index contributed by atoms with van der Waals surface area (Å²) in [4.78, 5) is 27.8. The molecular weight excluding hydrogens is 957 g/mol. The van der Waals surface area contributed by atoms with Crippen LogP contribution in [0.3, 0.4) is 0 Å². The first-order valence-electron chi connectivity index (χ1n) is 25.6. The Bertz CT molecular complexity index is 3400. The van der Waals surface area contributed by atoms with Gasteiger partial charge in [-0.1, -0.05) is 145 Å². The van der Waals surface area contributed by atoms with E-state index in [4.69, 9.17) is 23.7 Å². The Balaban J connectivity index is 0.963. The molecule has 0 amide bonds. The van der Waals surface area contributed by atoms with E-state index in [0.29, 0.717) is 5.75 Å². The number of aryl methyl sites for hydroxylation is 2. The molecule has 0 aliphatic heterocycles. The lowest BCUT2D eigenvalue weighted by Crippen LogP contribution is -2.16. The third kappa shape index (κ3) is 14.0. The van der Waals surface area contributed by atoms with Gasteiger partial charge in [-0.15, -0.1) is 0 Å². The molecule has 0 saturated heterocycles. The summed E-state index contributed by atoms with van der Waals surface area (Å²) in [5.74, 6) is 0.773. The largest absolute Gasteiger partial charge is 0.513 e. The van der Waals surface area contributed by atoms with E-state index >= 15 is 0 Å². The van der Waals surface area contributed by atoms with Crippen molar-refractivity contribution in [2.75, 3.05) is 43.3 Å². The molecule has 77 heavy (non-hydrogen) atoms. The van der Waals surface area contributed by atoms with Crippen LogP contribution in [0.15, 0.2) is 231 Å². The molecule has 0 aliphatic rings. The lowest BCUT2D eigenvalue weighted by molar-refractivity contribution is -0.142. The van der Waals surface area contributed by atoms with Crippen LogP contribution in [0.4, 0.5) is 38.9 Å². The van der Waals surface area contributed by atoms with Gasteiger partial charge in [0.15, 0.2) is 0 Å². The summed E-state index contributed by atoms with van der Waals surface area (Å²) in [6, 6.07) is 79.6. The summed E-state index contributed by atoms with van der Waals surface area (Å²) in [7, 11) is 1.69. The number of benzene rings is 9. The van der Waals surface area contributed by atoms with Gasteiger partial charge < -0.3 is 33.5 Å². The molecule has 0 saturated carbocycles. The van der Waals surface area contributed by atoms with Gasteiger partial charge in [-0.3, -0.25) is 4.79 Å². The minimum absolute atomic E-state index is 0.00421. The number of carbonyl (C=O) groups is 2. The fourth-order valence-electron chi connectivity index (χ4n) is 8.84. The van der Waals surface area contributed by atoms with Crippen LogP contribution in [-0.4, -0.2) is 45.7 Å². The molecule has 0 fully saturated rings. The standard InChI is InChI=1S/C68H60N2O7/c1-49-15-27-58(28-16-49)69(62-35-39-64(73-4)40-36-62)60-31-19-52(20-32-60)47-66(54-11-7-5-8-12-54)56-23-25-57(26-24-56)67(55-13-9-6-10-14-55)48-53-21-33-61(34-22-53)70(59-29-17-50(2)18-30-59)63-37-41-65(42-38-63)77-68(72)76-46-44-74-43-45-75-51(3)71/h5-42,47-48H,43-46H2,1-4H3. The highest BCUT2D eigenvalue weighted by Crippen LogP contribution is 2.39. The van der Waals surface area contributed by atoms with Gasteiger partial charge in [-0.25, -0.2) is 4.79 Å². The Morgan fingerprint density at radius 3 is 1.10 bits per heavy atom. The Morgan fingerprint density at radius 1 is 0.390 bits per heavy atom. The zero-order valence-corrected chi connectivity index (χ0v) is 43.7. The van der Waals surface area contributed by atoms with Crippen LogP contribution >= 0.6 is 0 Å². The van der Waals surface area contributed by atoms with Crippen LogP contribution in [0, 0.1) is 13.8 Å². The SMILES string of the molecule is COc1ccc(N(c2ccc(C)cc2)c2ccc(C=C(c3ccccc3)c3ccc(C(=Cc4ccc(N(c5ccc(C)cc5)c5ccc(OC(=O)OCCOCCOC(C)=O)cc5)cc4)c4ccccc4)cc3)cc2)cc1. The number of rotatable bonds is 20. The van der Waals surface area contributed by atoms with Crippen molar-refractivity contribution in [3.8, 4) is 11.5 Å². The Kier molecular flexibility index (Phi) is 17.5. The maximum absolute atomic E-state index is 12.4. The first-order valence-corrected chi connectivity index (χ1v) is 25.6. The van der Waals surface area contributed by atoms with Crippen molar-refractivity contribution >= 4 is 69.5 Å². The van der Waals surface area contributed by atoms with Crippen LogP contribution in [0.2, 0.25) is 0 Å². The molecule has 0 N–H and O–H groups in total. The maximum Gasteiger partial charge on any atom is 0.513 e. The van der Waals surface area contributed by atoms with Crippen LogP contribution < -0.4 is 19.3 Å². The number of methoxy groups -OCH3 is 1. The van der Waals surface area contributed by atoms with Gasteiger partial charge in [-0.2, -0.15) is 0 Å². The summed E-state index contributed by atoms with van der Waals surface area (Å²) in [5, 5.41) is 0. The summed E-state index contributed by atoms with van der Waals surface area (Å²) in [5.41, 5.74) is 17.1. The predicted molar refractivity (Wildman–Crippen MR) is 311 cm³/mol. The highest BCUT2D eigenvalue weighted by molar-refractivity contribution is 5.95. The average Bonchev–Trinajstić information content (AvgIpc) is 3.46. The molecule has 9 aromatic carbocycles. The molecule has 9 heteroatoms. The van der Waals surface area contributed by atoms with Crippen LogP contribution in [0.1, 0.15) is 51.4 Å². The number of carbonyl (C=O) groups excluding carboxylic acids is 2. The van der Waals surface area contributed by atoms with Crippen molar-refractivity contribution in [1.29, 1.82) is 0 Å². The smallest absolute Gasteiger partial charge is 0.497 e. The van der Waals surface area contributed by atoms with Gasteiger partial charge in [0, 0.05) is 41.0 Å². The second kappa shape index (κ2) is 25.7. The van der Waals surface area contributed by atoms with E-state index < -0.39 is 6.16 Å². The van der Waals surface area contributed by atoms with Gasteiger partial charge >= 0.3 is 12.1 Å². The quantitative estimate of drug-likeness (QED) is 0.0321. The lowest BCUT2D eigenvalue weighted by atomic mass is 9.91. The maximum atomic E-state index is 12.4. The summed E-state index contributed by atoms with van der Waals surface area (Å²) < 4.78 is 26.3. The minimum atomic E-state index is -0.842. The zero-order valence-electron chi connectivity index (χ0n) is 43.7. The molecule has 0 heterocycles. The second-order valence-electron chi connectivity index (χ2n) is 18.3. The van der Waals surface area contributed by atoms with Crippen molar-refractivity contribution in [2.24, 2.45) is 0 Å². The topological polar surface area (TPSA) is 86.8 Å². The van der Waals surface area contributed by atoms with E-state index in [1.807, 2.05) is 30.3 Å². The van der Waals surface area contributed by atoms with Crippen LogP contribution in [0.5, 0.6) is 11.5 Å². The normalized spacial score (nSPS) is 11.4. The lowest BCUT2D eigenvalue weighted by Gasteiger charge is -2.26. The first kappa shape index (κ1) is 52.4. The van der Waals surface area contributed by atoms with E-state index in [1.165, 1.54) is 12.5 Å². The average molecular weight is 1020 g/mol. The monoisotopic (exact) mass is 1020 g/mol. The molecule has 0 radical (unpaired) electrons. The molecular formula is C68H60N2O7. The van der Waals surface area contributed by atoms with Gasteiger partial charge in [-0.05, 0) is 168 Å². The zero-order chi connectivity index (χ0) is 53.3. The predicted octanol–water partition coefficient (Wildman–Crippen LogP) is 16.5. The Hall–Kier alpha value is -9.44. The van der Waals surface area contributed by atoms with E-state index in [0.717, 1.165) is 90.0 Å². The molecule has 0 unspecified atom stereocenters. The Labute approximate surface area is 451 Å². The summed E-state index contributed by atoms with van der Waals surface area (Å²) in [6.07, 6.45) is 3.67. The fourth-order valence-corrected chi connectivity index (χ4v) is 8.84. The van der Waals surface area contributed by atoms with E-state index in [2.05, 4.69) is 224 Å². The van der Waals surface area contributed by atoms with Gasteiger partial charge in [0.2, 0.25) is 0 Å². The highest BCUT2D eigenvalue weighted by atomic mass is 16.7. The van der Waals surface area contributed by atoms with Crippen molar-refractivity contribution in [2.45, 2.75) is 20.8 Å². The van der Waals surface area contributed by atoms with Gasteiger partial charge in [0.1, 0.15) is 24.7 Å².